The summed E-state index contributed by atoms with van der Waals surface area (Å²) in [6.07, 6.45) is 0.140. The Kier molecular flexibility index (Phi) is 6.84. The van der Waals surface area contributed by atoms with Crippen molar-refractivity contribution >= 4 is 28.9 Å². The fourth-order valence-corrected chi connectivity index (χ4v) is 2.58. The zero-order chi connectivity index (χ0) is 20.5. The number of anilines is 1. The van der Waals surface area contributed by atoms with Gasteiger partial charge in [0.05, 0.1) is 17.8 Å². The van der Waals surface area contributed by atoms with Crippen LogP contribution in [0.15, 0.2) is 89.1 Å². The van der Waals surface area contributed by atoms with Gasteiger partial charge in [-0.05, 0) is 54.4 Å². The molecule has 0 saturated heterocycles. The molecule has 0 unspecified atom stereocenters. The van der Waals surface area contributed by atoms with Gasteiger partial charge in [-0.3, -0.25) is 9.59 Å². The number of nitrogens with zero attached hydrogens (tertiary/aromatic N) is 2. The van der Waals surface area contributed by atoms with Crippen LogP contribution in [0.5, 0.6) is 0 Å². The van der Waals surface area contributed by atoms with E-state index in [-0.39, 0.29) is 13.0 Å². The second-order valence-corrected chi connectivity index (χ2v) is 6.39. The summed E-state index contributed by atoms with van der Waals surface area (Å²) >= 11 is 0. The first-order valence-corrected chi connectivity index (χ1v) is 9.17. The highest BCUT2D eigenvalue weighted by molar-refractivity contribution is 5.93. The van der Waals surface area contributed by atoms with Crippen LogP contribution in [-0.4, -0.2) is 18.5 Å². The number of rotatable bonds is 7. The molecule has 0 aliphatic carbocycles. The van der Waals surface area contributed by atoms with E-state index in [1.165, 1.54) is 0 Å². The molecule has 0 radical (unpaired) electrons. The van der Waals surface area contributed by atoms with E-state index in [0.29, 0.717) is 11.4 Å². The molecule has 6 nitrogen and oxygen atoms in total. The van der Waals surface area contributed by atoms with Gasteiger partial charge >= 0.3 is 5.97 Å². The highest BCUT2D eigenvalue weighted by atomic mass is 16.5. The Labute approximate surface area is 169 Å². The maximum Gasteiger partial charge on any atom is 0.310 e. The van der Waals surface area contributed by atoms with Crippen LogP contribution >= 0.6 is 0 Å². The highest BCUT2D eigenvalue weighted by Gasteiger charge is 2.10. The van der Waals surface area contributed by atoms with E-state index in [1.54, 1.807) is 24.3 Å². The number of nitrogens with one attached hydrogen (secondary N) is 1. The average Bonchev–Trinajstić information content (AvgIpc) is 2.74. The molecule has 29 heavy (non-hydrogen) atoms. The van der Waals surface area contributed by atoms with E-state index in [1.807, 2.05) is 61.5 Å². The molecule has 0 aromatic heterocycles. The quantitative estimate of drug-likeness (QED) is 0.450. The minimum atomic E-state index is -0.439. The molecule has 146 valence electrons. The largest absolute Gasteiger partial charge is 0.455 e. The number of amides is 1. The minimum absolute atomic E-state index is 0.140. The lowest BCUT2D eigenvalue weighted by molar-refractivity contribution is -0.146. The summed E-state index contributed by atoms with van der Waals surface area (Å²) in [5.74, 6) is -0.840. The predicted molar refractivity (Wildman–Crippen MR) is 112 cm³/mol. The van der Waals surface area contributed by atoms with E-state index in [2.05, 4.69) is 15.5 Å². The van der Waals surface area contributed by atoms with Gasteiger partial charge in [0.1, 0.15) is 0 Å². The van der Waals surface area contributed by atoms with Crippen LogP contribution < -0.4 is 5.32 Å². The van der Waals surface area contributed by atoms with Crippen molar-refractivity contribution in [3.63, 3.8) is 0 Å². The lowest BCUT2D eigenvalue weighted by Gasteiger charge is -2.08. The zero-order valence-electron chi connectivity index (χ0n) is 16.0. The molecule has 0 heterocycles. The van der Waals surface area contributed by atoms with E-state index in [0.717, 1.165) is 16.8 Å². The second kappa shape index (κ2) is 9.94. The van der Waals surface area contributed by atoms with Crippen molar-refractivity contribution in [2.24, 2.45) is 10.2 Å². The lowest BCUT2D eigenvalue weighted by atomic mass is 10.1. The summed E-state index contributed by atoms with van der Waals surface area (Å²) in [7, 11) is 0. The van der Waals surface area contributed by atoms with Crippen molar-refractivity contribution in [1.29, 1.82) is 0 Å². The van der Waals surface area contributed by atoms with Gasteiger partial charge in [-0.1, -0.05) is 42.5 Å². The molecule has 0 aliphatic rings. The Morgan fingerprint density at radius 1 is 0.828 bits per heavy atom. The van der Waals surface area contributed by atoms with E-state index < -0.39 is 11.9 Å². The van der Waals surface area contributed by atoms with Crippen molar-refractivity contribution < 1.29 is 14.3 Å². The van der Waals surface area contributed by atoms with Crippen LogP contribution in [0.1, 0.15) is 11.1 Å². The maximum absolute atomic E-state index is 12.0. The molecule has 6 heteroatoms. The Bertz CT molecular complexity index is 999. The third kappa shape index (κ3) is 6.39. The number of esters is 1. The molecule has 1 N–H and O–H groups in total. The molecule has 0 aliphatic heterocycles. The number of ether oxygens (including phenoxy) is 1. The van der Waals surface area contributed by atoms with Crippen LogP contribution in [0.25, 0.3) is 0 Å². The third-order valence-electron chi connectivity index (χ3n) is 4.15. The first-order valence-electron chi connectivity index (χ1n) is 9.17. The van der Waals surface area contributed by atoms with Crippen LogP contribution in [0.2, 0.25) is 0 Å². The normalized spacial score (nSPS) is 10.7. The Hall–Kier alpha value is -3.80. The topological polar surface area (TPSA) is 80.1 Å². The summed E-state index contributed by atoms with van der Waals surface area (Å²) in [6.45, 7) is 1.60. The number of azo groups is 1. The van der Waals surface area contributed by atoms with Gasteiger partial charge < -0.3 is 10.1 Å². The fraction of sp³-hybridized carbons (Fsp3) is 0.130. The summed E-state index contributed by atoms with van der Waals surface area (Å²) in [5.41, 5.74) is 3.91. The molecular weight excluding hydrogens is 366 g/mol. The van der Waals surface area contributed by atoms with E-state index >= 15 is 0 Å². The summed E-state index contributed by atoms with van der Waals surface area (Å²) in [5, 5.41) is 11.0. The lowest BCUT2D eigenvalue weighted by Crippen LogP contribution is -2.21. The third-order valence-corrected chi connectivity index (χ3v) is 4.15. The van der Waals surface area contributed by atoms with Crippen molar-refractivity contribution in [1.82, 2.24) is 0 Å². The summed E-state index contributed by atoms with van der Waals surface area (Å²) in [6, 6.07) is 23.9. The van der Waals surface area contributed by atoms with Gasteiger partial charge in [0, 0.05) is 5.69 Å². The number of hydrogen-bond donors (Lipinski definition) is 1. The van der Waals surface area contributed by atoms with Crippen molar-refractivity contribution in [3.8, 4) is 0 Å². The van der Waals surface area contributed by atoms with Gasteiger partial charge in [-0.15, -0.1) is 0 Å². The first kappa shape index (κ1) is 19.9. The molecule has 0 saturated carbocycles. The number of aryl methyl sites for hydroxylation is 1. The monoisotopic (exact) mass is 387 g/mol. The molecule has 0 atom stereocenters. The minimum Gasteiger partial charge on any atom is -0.455 e. The molecule has 0 fully saturated rings. The molecule has 3 aromatic rings. The van der Waals surface area contributed by atoms with Gasteiger partial charge in [-0.2, -0.15) is 10.2 Å². The highest BCUT2D eigenvalue weighted by Crippen LogP contribution is 2.20. The van der Waals surface area contributed by atoms with Crippen molar-refractivity contribution in [2.75, 3.05) is 11.9 Å². The van der Waals surface area contributed by atoms with Crippen LogP contribution in [-0.2, 0) is 20.7 Å². The van der Waals surface area contributed by atoms with Crippen LogP contribution in [0.3, 0.4) is 0 Å². The Morgan fingerprint density at radius 3 is 2.14 bits per heavy atom. The van der Waals surface area contributed by atoms with E-state index in [4.69, 9.17) is 4.74 Å². The molecular formula is C23H21N3O3. The smallest absolute Gasteiger partial charge is 0.310 e. The van der Waals surface area contributed by atoms with Crippen LogP contribution in [0.4, 0.5) is 17.1 Å². The summed E-state index contributed by atoms with van der Waals surface area (Å²) in [4.78, 5) is 23.9. The Balaban J connectivity index is 1.46. The number of benzene rings is 3. The van der Waals surface area contributed by atoms with Crippen molar-refractivity contribution in [2.45, 2.75) is 13.3 Å². The first-order chi connectivity index (χ1) is 14.1. The molecule has 3 aromatic carbocycles. The Morgan fingerprint density at radius 2 is 1.45 bits per heavy atom. The van der Waals surface area contributed by atoms with Crippen LogP contribution in [0, 0.1) is 6.92 Å². The number of carbonyl (C=O) groups is 2. The van der Waals surface area contributed by atoms with E-state index in [9.17, 15) is 9.59 Å². The number of carbonyl (C=O) groups excluding carboxylic acids is 2. The number of hydrogen-bond acceptors (Lipinski definition) is 5. The standard InChI is InChI=1S/C23H21N3O3/c1-17-7-5-6-8-18(17)15-23(28)29-16-22(27)24-19-11-13-21(14-12-19)26-25-20-9-3-2-4-10-20/h2-14H,15-16H2,1H3,(H,24,27). The predicted octanol–water partition coefficient (Wildman–Crippen LogP) is 5.13. The average molecular weight is 387 g/mol. The van der Waals surface area contributed by atoms with Gasteiger partial charge in [-0.25, -0.2) is 0 Å². The SMILES string of the molecule is Cc1ccccc1CC(=O)OCC(=O)Nc1ccc(N=Nc2ccccc2)cc1. The molecule has 0 bridgehead atoms. The fourth-order valence-electron chi connectivity index (χ4n) is 2.58. The molecule has 3 rings (SSSR count). The molecule has 0 spiro atoms. The molecule has 1 amide bonds. The van der Waals surface area contributed by atoms with Gasteiger partial charge in [0.2, 0.25) is 0 Å². The maximum atomic E-state index is 12.0. The van der Waals surface area contributed by atoms with Gasteiger partial charge in [0.25, 0.3) is 5.91 Å². The van der Waals surface area contributed by atoms with Crippen molar-refractivity contribution in [3.05, 3.63) is 90.0 Å². The van der Waals surface area contributed by atoms with Gasteiger partial charge in [0.15, 0.2) is 6.61 Å². The summed E-state index contributed by atoms with van der Waals surface area (Å²) < 4.78 is 5.06. The zero-order valence-corrected chi connectivity index (χ0v) is 16.0. The second-order valence-electron chi connectivity index (χ2n) is 6.39.